The van der Waals surface area contributed by atoms with E-state index in [0.717, 1.165) is 29.9 Å². The molecule has 25 heavy (non-hydrogen) atoms. The lowest BCUT2D eigenvalue weighted by atomic mass is 10.0. The maximum atomic E-state index is 12.7. The summed E-state index contributed by atoms with van der Waals surface area (Å²) in [7, 11) is 0. The number of urea groups is 1. The number of carbonyl (C=O) groups is 1. The van der Waals surface area contributed by atoms with Crippen molar-refractivity contribution in [2.24, 2.45) is 0 Å². The number of benzene rings is 2. The van der Waals surface area contributed by atoms with Crippen LogP contribution < -0.4 is 14.8 Å². The Morgan fingerprint density at radius 2 is 2.08 bits per heavy atom. The highest BCUT2D eigenvalue weighted by molar-refractivity contribution is 5.90. The van der Waals surface area contributed by atoms with Crippen molar-refractivity contribution in [1.82, 2.24) is 4.90 Å². The van der Waals surface area contributed by atoms with Crippen LogP contribution in [-0.4, -0.2) is 24.3 Å². The molecule has 6 heteroatoms. The second kappa shape index (κ2) is 6.36. The lowest BCUT2D eigenvalue weighted by Gasteiger charge is -2.25. The van der Waals surface area contributed by atoms with Crippen LogP contribution in [0.15, 0.2) is 42.5 Å². The van der Waals surface area contributed by atoms with Crippen LogP contribution >= 0.6 is 0 Å². The number of nitriles is 1. The van der Waals surface area contributed by atoms with Crippen molar-refractivity contribution < 1.29 is 14.3 Å². The molecule has 1 saturated heterocycles. The van der Waals surface area contributed by atoms with E-state index in [2.05, 4.69) is 11.4 Å². The molecule has 1 N–H and O–H groups in total. The van der Waals surface area contributed by atoms with Gasteiger partial charge in [0.25, 0.3) is 0 Å². The van der Waals surface area contributed by atoms with Crippen LogP contribution in [0.25, 0.3) is 0 Å². The monoisotopic (exact) mass is 335 g/mol. The van der Waals surface area contributed by atoms with Crippen molar-refractivity contribution in [3.05, 3.63) is 53.6 Å². The summed E-state index contributed by atoms with van der Waals surface area (Å²) in [6.07, 6.45) is 1.86. The van der Waals surface area contributed by atoms with Crippen molar-refractivity contribution in [3.63, 3.8) is 0 Å². The molecule has 2 aliphatic rings. The lowest BCUT2D eigenvalue weighted by Crippen LogP contribution is -2.34. The predicted octanol–water partition coefficient (Wildman–Crippen LogP) is 3.66. The molecule has 2 aromatic carbocycles. The van der Waals surface area contributed by atoms with E-state index in [1.807, 2.05) is 23.1 Å². The summed E-state index contributed by atoms with van der Waals surface area (Å²) in [6, 6.07) is 14.7. The molecule has 0 spiro atoms. The Morgan fingerprint density at radius 3 is 2.96 bits per heavy atom. The topological polar surface area (TPSA) is 74.6 Å². The van der Waals surface area contributed by atoms with Crippen LogP contribution in [0.3, 0.4) is 0 Å². The highest BCUT2D eigenvalue weighted by Crippen LogP contribution is 2.39. The second-order valence-corrected chi connectivity index (χ2v) is 6.09. The molecule has 2 heterocycles. The van der Waals surface area contributed by atoms with Crippen LogP contribution in [-0.2, 0) is 0 Å². The smallest absolute Gasteiger partial charge is 0.322 e. The minimum absolute atomic E-state index is 0.00801. The van der Waals surface area contributed by atoms with Gasteiger partial charge in [0.1, 0.15) is 0 Å². The molecule has 1 atom stereocenters. The van der Waals surface area contributed by atoms with E-state index in [-0.39, 0.29) is 18.9 Å². The van der Waals surface area contributed by atoms with Crippen LogP contribution in [0.4, 0.5) is 10.5 Å². The van der Waals surface area contributed by atoms with Gasteiger partial charge in [0.2, 0.25) is 6.79 Å². The van der Waals surface area contributed by atoms with Crippen molar-refractivity contribution in [3.8, 4) is 17.6 Å². The molecule has 2 amide bonds. The van der Waals surface area contributed by atoms with Crippen molar-refractivity contribution >= 4 is 11.7 Å². The van der Waals surface area contributed by atoms with Gasteiger partial charge in [0, 0.05) is 12.2 Å². The summed E-state index contributed by atoms with van der Waals surface area (Å²) in [4.78, 5) is 14.5. The number of likely N-dealkylation sites (tertiary alicyclic amines) is 1. The van der Waals surface area contributed by atoms with Gasteiger partial charge in [-0.25, -0.2) is 4.79 Å². The molecule has 0 bridgehead atoms. The van der Waals surface area contributed by atoms with Crippen LogP contribution in [0.2, 0.25) is 0 Å². The zero-order chi connectivity index (χ0) is 17.2. The van der Waals surface area contributed by atoms with Gasteiger partial charge >= 0.3 is 6.03 Å². The number of fused-ring (bicyclic) bond motifs is 1. The van der Waals surface area contributed by atoms with Gasteiger partial charge in [-0.05, 0) is 48.7 Å². The van der Waals surface area contributed by atoms with Crippen LogP contribution in [0.1, 0.15) is 30.0 Å². The van der Waals surface area contributed by atoms with Crippen molar-refractivity contribution in [2.75, 3.05) is 18.7 Å². The number of nitrogens with one attached hydrogen (secondary N) is 1. The van der Waals surface area contributed by atoms with Gasteiger partial charge in [0.05, 0.1) is 17.7 Å². The Balaban J connectivity index is 1.53. The van der Waals surface area contributed by atoms with Gasteiger partial charge in [-0.3, -0.25) is 0 Å². The number of ether oxygens (including phenoxy) is 2. The van der Waals surface area contributed by atoms with Crippen molar-refractivity contribution in [1.29, 1.82) is 5.26 Å². The SMILES string of the molecule is N#Cc1cccc(NC(=O)N2CCCC2c2ccc3c(c2)OCO3)c1. The molecular weight excluding hydrogens is 318 g/mol. The molecule has 2 aliphatic heterocycles. The summed E-state index contributed by atoms with van der Waals surface area (Å²) in [5, 5.41) is 11.9. The molecule has 1 fully saturated rings. The molecule has 6 nitrogen and oxygen atoms in total. The predicted molar refractivity (Wildman–Crippen MR) is 91.4 cm³/mol. The molecule has 0 saturated carbocycles. The number of amides is 2. The third kappa shape index (κ3) is 2.96. The first kappa shape index (κ1) is 15.3. The first-order chi connectivity index (χ1) is 12.2. The number of nitrogens with zero attached hydrogens (tertiary/aromatic N) is 2. The highest BCUT2D eigenvalue weighted by Gasteiger charge is 2.31. The molecule has 1 unspecified atom stereocenters. The van der Waals surface area contributed by atoms with Gasteiger partial charge in [-0.1, -0.05) is 12.1 Å². The zero-order valence-corrected chi connectivity index (χ0v) is 13.6. The van der Waals surface area contributed by atoms with Crippen LogP contribution in [0, 0.1) is 11.3 Å². The largest absolute Gasteiger partial charge is 0.454 e. The summed E-state index contributed by atoms with van der Waals surface area (Å²) in [5.74, 6) is 1.47. The fourth-order valence-corrected chi connectivity index (χ4v) is 3.34. The van der Waals surface area contributed by atoms with Gasteiger partial charge in [-0.15, -0.1) is 0 Å². The third-order valence-corrected chi connectivity index (χ3v) is 4.54. The van der Waals surface area contributed by atoms with Gasteiger partial charge in [-0.2, -0.15) is 5.26 Å². The van der Waals surface area contributed by atoms with E-state index >= 15 is 0 Å². The molecular formula is C19H17N3O3. The van der Waals surface area contributed by atoms with E-state index in [1.165, 1.54) is 0 Å². The van der Waals surface area contributed by atoms with Gasteiger partial charge < -0.3 is 19.7 Å². The minimum Gasteiger partial charge on any atom is -0.454 e. The highest BCUT2D eigenvalue weighted by atomic mass is 16.7. The van der Waals surface area contributed by atoms with E-state index in [4.69, 9.17) is 14.7 Å². The maximum absolute atomic E-state index is 12.7. The summed E-state index contributed by atoms with van der Waals surface area (Å²) >= 11 is 0. The Kier molecular flexibility index (Phi) is 3.90. The maximum Gasteiger partial charge on any atom is 0.322 e. The van der Waals surface area contributed by atoms with E-state index in [9.17, 15) is 4.79 Å². The molecule has 0 radical (unpaired) electrons. The molecule has 2 aromatic rings. The van der Waals surface area contributed by atoms with E-state index in [0.29, 0.717) is 17.8 Å². The van der Waals surface area contributed by atoms with Crippen LogP contribution in [0.5, 0.6) is 11.5 Å². The Morgan fingerprint density at radius 1 is 1.20 bits per heavy atom. The normalized spacial score (nSPS) is 18.0. The fraction of sp³-hybridized carbons (Fsp3) is 0.263. The lowest BCUT2D eigenvalue weighted by molar-refractivity contribution is 0.173. The first-order valence-corrected chi connectivity index (χ1v) is 8.22. The number of anilines is 1. The molecule has 0 aromatic heterocycles. The number of hydrogen-bond donors (Lipinski definition) is 1. The van der Waals surface area contributed by atoms with E-state index in [1.54, 1.807) is 24.3 Å². The van der Waals surface area contributed by atoms with Gasteiger partial charge in [0.15, 0.2) is 11.5 Å². The molecule has 0 aliphatic carbocycles. The van der Waals surface area contributed by atoms with E-state index < -0.39 is 0 Å². The molecule has 4 rings (SSSR count). The standard InChI is InChI=1S/C19H17N3O3/c20-11-13-3-1-4-15(9-13)21-19(23)22-8-2-5-16(22)14-6-7-17-18(10-14)25-12-24-17/h1,3-4,6-7,9-10,16H,2,5,8,12H2,(H,21,23). The average Bonchev–Trinajstić information content (AvgIpc) is 3.30. The summed E-state index contributed by atoms with van der Waals surface area (Å²) in [5.41, 5.74) is 2.19. The number of hydrogen-bond acceptors (Lipinski definition) is 4. The Labute approximate surface area is 145 Å². The fourth-order valence-electron chi connectivity index (χ4n) is 3.34. The zero-order valence-electron chi connectivity index (χ0n) is 13.6. The molecule has 126 valence electrons. The quantitative estimate of drug-likeness (QED) is 0.909. The third-order valence-electron chi connectivity index (χ3n) is 4.54. The summed E-state index contributed by atoms with van der Waals surface area (Å²) in [6.45, 7) is 0.936. The number of rotatable bonds is 2. The Bertz CT molecular complexity index is 859. The van der Waals surface area contributed by atoms with Crippen molar-refractivity contribution in [2.45, 2.75) is 18.9 Å². The first-order valence-electron chi connectivity index (χ1n) is 8.22. The summed E-state index contributed by atoms with van der Waals surface area (Å²) < 4.78 is 10.8. The second-order valence-electron chi connectivity index (χ2n) is 6.09. The number of carbonyl (C=O) groups excluding carboxylic acids is 1. The minimum atomic E-state index is -0.157. The Hall–Kier alpha value is -3.20. The average molecular weight is 335 g/mol.